The molecule has 0 unspecified atom stereocenters. The first-order valence-electron chi connectivity index (χ1n) is 5.39. The van der Waals surface area contributed by atoms with E-state index in [1.807, 2.05) is 0 Å². The largest absolute Gasteiger partial charge is 0.351 e. The molecule has 2 aromatic heterocycles. The fourth-order valence-corrected chi connectivity index (χ4v) is 2.00. The molecule has 0 saturated heterocycles. The topological polar surface area (TPSA) is 127 Å². The third-order valence-corrected chi connectivity index (χ3v) is 2.99. The third kappa shape index (κ3) is 3.19. The van der Waals surface area contributed by atoms with Crippen LogP contribution in [0.5, 0.6) is 0 Å². The Bertz CT molecular complexity index is 709. The molecule has 0 spiro atoms. The summed E-state index contributed by atoms with van der Waals surface area (Å²) >= 11 is 1.19. The maximum absolute atomic E-state index is 11.8. The monoisotopic (exact) mass is 291 g/mol. The fraction of sp³-hybridized carbons (Fsp3) is 0.0909. The van der Waals surface area contributed by atoms with Crippen LogP contribution in [0.4, 0.5) is 10.8 Å². The molecule has 0 bridgehead atoms. The molecule has 0 aliphatic carbocycles. The van der Waals surface area contributed by atoms with Crippen molar-refractivity contribution in [2.24, 2.45) is 5.73 Å². The average molecular weight is 291 g/mol. The Morgan fingerprint density at radius 2 is 2.45 bits per heavy atom. The van der Waals surface area contributed by atoms with Crippen LogP contribution in [-0.4, -0.2) is 27.3 Å². The highest BCUT2D eigenvalue weighted by Crippen LogP contribution is 2.19. The lowest BCUT2D eigenvalue weighted by molar-refractivity contribution is -0.384. The number of hydrogen-bond donors (Lipinski definition) is 3. The Balaban J connectivity index is 2.07. The van der Waals surface area contributed by atoms with E-state index in [1.54, 1.807) is 0 Å². The predicted octanol–water partition coefficient (Wildman–Crippen LogP) is 0.942. The number of anilines is 1. The first-order valence-corrected chi connectivity index (χ1v) is 6.20. The van der Waals surface area contributed by atoms with Gasteiger partial charge in [-0.3, -0.25) is 20.2 Å². The molecule has 9 heteroatoms. The molecular weight excluding hydrogens is 282 g/mol. The number of nitrogens with one attached hydrogen (secondary N) is 2. The van der Waals surface area contributed by atoms with Crippen molar-refractivity contribution < 1.29 is 9.72 Å². The van der Waals surface area contributed by atoms with E-state index in [0.29, 0.717) is 10.0 Å². The average Bonchev–Trinajstić information content (AvgIpc) is 3.05. The van der Waals surface area contributed by atoms with Crippen LogP contribution in [0.3, 0.4) is 0 Å². The normalized spacial score (nSPS) is 9.65. The van der Waals surface area contributed by atoms with Crippen LogP contribution >= 0.6 is 11.3 Å². The van der Waals surface area contributed by atoms with E-state index in [0.717, 1.165) is 12.3 Å². The Labute approximate surface area is 117 Å². The summed E-state index contributed by atoms with van der Waals surface area (Å²) < 4.78 is 0. The van der Waals surface area contributed by atoms with Gasteiger partial charge >= 0.3 is 0 Å². The van der Waals surface area contributed by atoms with Crippen molar-refractivity contribution in [1.29, 1.82) is 0 Å². The van der Waals surface area contributed by atoms with Crippen molar-refractivity contribution in [3.8, 4) is 11.8 Å². The number of thiazole rings is 1. The van der Waals surface area contributed by atoms with Crippen molar-refractivity contribution in [3.63, 3.8) is 0 Å². The lowest BCUT2D eigenvalue weighted by Gasteiger charge is -1.97. The Morgan fingerprint density at radius 1 is 1.65 bits per heavy atom. The van der Waals surface area contributed by atoms with Crippen LogP contribution in [0.2, 0.25) is 0 Å². The van der Waals surface area contributed by atoms with E-state index >= 15 is 0 Å². The number of nitrogens with two attached hydrogens (primary N) is 1. The van der Waals surface area contributed by atoms with Gasteiger partial charge in [-0.1, -0.05) is 23.2 Å². The molecule has 0 atom stereocenters. The lowest BCUT2D eigenvalue weighted by Crippen LogP contribution is -2.11. The third-order valence-electron chi connectivity index (χ3n) is 2.16. The van der Waals surface area contributed by atoms with E-state index in [-0.39, 0.29) is 17.9 Å². The summed E-state index contributed by atoms with van der Waals surface area (Å²) in [5.41, 5.74) is 5.16. The summed E-state index contributed by atoms with van der Waals surface area (Å²) in [6.45, 7) is 0.242. The van der Waals surface area contributed by atoms with Gasteiger partial charge in [-0.15, -0.1) is 0 Å². The van der Waals surface area contributed by atoms with E-state index in [9.17, 15) is 14.9 Å². The Kier molecular flexibility index (Phi) is 4.09. The number of carbonyl (C=O) groups excluding carboxylic acids is 1. The van der Waals surface area contributed by atoms with Gasteiger partial charge in [0.1, 0.15) is 5.69 Å². The van der Waals surface area contributed by atoms with Gasteiger partial charge in [-0.25, -0.2) is 4.98 Å². The standard InChI is InChI=1S/C11H9N5O3S/c12-3-1-2-8-6-14-11(20-8)15-10(17)9-4-7(5-13-9)16(18)19/h4-6,13H,3,12H2,(H,14,15,17). The minimum atomic E-state index is -0.586. The zero-order valence-electron chi connectivity index (χ0n) is 10.0. The number of nitro groups is 1. The molecule has 0 aliphatic rings. The van der Waals surface area contributed by atoms with Crippen molar-refractivity contribution in [2.45, 2.75) is 0 Å². The SMILES string of the molecule is NCC#Cc1cnc(NC(=O)c2cc([N+](=O)[O-])c[nH]2)s1. The molecule has 0 fully saturated rings. The van der Waals surface area contributed by atoms with Gasteiger partial charge in [0.2, 0.25) is 0 Å². The summed E-state index contributed by atoms with van der Waals surface area (Å²) in [5.74, 6) is 4.95. The fourth-order valence-electron chi connectivity index (χ4n) is 1.31. The lowest BCUT2D eigenvalue weighted by atomic mass is 10.4. The number of carbonyl (C=O) groups is 1. The minimum Gasteiger partial charge on any atom is -0.351 e. The molecule has 2 heterocycles. The number of hydrogen-bond acceptors (Lipinski definition) is 6. The van der Waals surface area contributed by atoms with Crippen LogP contribution < -0.4 is 11.1 Å². The highest BCUT2D eigenvalue weighted by molar-refractivity contribution is 7.16. The van der Waals surface area contributed by atoms with Gasteiger partial charge in [0.15, 0.2) is 5.13 Å². The van der Waals surface area contributed by atoms with Crippen molar-refractivity contribution >= 4 is 28.1 Å². The molecule has 0 radical (unpaired) electrons. The molecule has 0 aliphatic heterocycles. The van der Waals surface area contributed by atoms with Crippen LogP contribution in [0, 0.1) is 22.0 Å². The quantitative estimate of drug-likeness (QED) is 0.440. The van der Waals surface area contributed by atoms with Gasteiger partial charge in [-0.05, 0) is 0 Å². The maximum Gasteiger partial charge on any atom is 0.287 e. The van der Waals surface area contributed by atoms with Gasteiger partial charge in [0.05, 0.1) is 28.7 Å². The second-order valence-electron chi connectivity index (χ2n) is 3.52. The molecule has 2 rings (SSSR count). The van der Waals surface area contributed by atoms with Crippen LogP contribution in [0.15, 0.2) is 18.5 Å². The summed E-state index contributed by atoms with van der Waals surface area (Å²) in [5, 5.41) is 13.4. The summed E-state index contributed by atoms with van der Waals surface area (Å²) in [7, 11) is 0. The number of rotatable bonds is 3. The van der Waals surface area contributed by atoms with Crippen LogP contribution in [0.25, 0.3) is 0 Å². The van der Waals surface area contributed by atoms with Crippen molar-refractivity contribution in [2.75, 3.05) is 11.9 Å². The van der Waals surface area contributed by atoms with Crippen LogP contribution in [0.1, 0.15) is 15.4 Å². The number of amides is 1. The van der Waals surface area contributed by atoms with Crippen molar-refractivity contribution in [1.82, 2.24) is 9.97 Å². The number of aromatic amines is 1. The Hall–Kier alpha value is -2.70. The van der Waals surface area contributed by atoms with Gasteiger partial charge < -0.3 is 10.7 Å². The molecule has 8 nitrogen and oxygen atoms in total. The highest BCUT2D eigenvalue weighted by Gasteiger charge is 2.15. The van der Waals surface area contributed by atoms with Gasteiger partial charge in [-0.2, -0.15) is 0 Å². The van der Waals surface area contributed by atoms with Crippen molar-refractivity contribution in [3.05, 3.63) is 39.1 Å². The summed E-state index contributed by atoms with van der Waals surface area (Å²) in [6.07, 6.45) is 2.66. The highest BCUT2D eigenvalue weighted by atomic mass is 32.1. The maximum atomic E-state index is 11.8. The van der Waals surface area contributed by atoms with E-state index < -0.39 is 10.8 Å². The Morgan fingerprint density at radius 3 is 3.10 bits per heavy atom. The minimum absolute atomic E-state index is 0.0847. The molecule has 0 aromatic carbocycles. The van der Waals surface area contributed by atoms with E-state index in [1.165, 1.54) is 17.5 Å². The second-order valence-corrected chi connectivity index (χ2v) is 4.55. The van der Waals surface area contributed by atoms with E-state index in [4.69, 9.17) is 5.73 Å². The summed E-state index contributed by atoms with van der Waals surface area (Å²) in [6, 6.07) is 1.15. The molecule has 102 valence electrons. The zero-order chi connectivity index (χ0) is 14.5. The second kappa shape index (κ2) is 5.96. The van der Waals surface area contributed by atoms with Gasteiger partial charge in [0, 0.05) is 6.07 Å². The molecule has 2 aromatic rings. The molecule has 1 amide bonds. The predicted molar refractivity (Wildman–Crippen MR) is 73.4 cm³/mol. The zero-order valence-corrected chi connectivity index (χ0v) is 10.9. The van der Waals surface area contributed by atoms with E-state index in [2.05, 4.69) is 27.1 Å². The number of aromatic nitrogens is 2. The molecule has 0 saturated carbocycles. The molecule has 4 N–H and O–H groups in total. The first kappa shape index (κ1) is 13.7. The molecule has 20 heavy (non-hydrogen) atoms. The number of nitrogens with zero attached hydrogens (tertiary/aromatic N) is 2. The van der Waals surface area contributed by atoms with Gasteiger partial charge in [0.25, 0.3) is 11.6 Å². The van der Waals surface area contributed by atoms with Crippen LogP contribution in [-0.2, 0) is 0 Å². The molecular formula is C11H9N5O3S. The first-order chi connectivity index (χ1) is 9.60. The number of H-pyrrole nitrogens is 1. The summed E-state index contributed by atoms with van der Waals surface area (Å²) in [4.78, 5) is 28.9. The smallest absolute Gasteiger partial charge is 0.287 e.